The zero-order valence-electron chi connectivity index (χ0n) is 16.4. The Bertz CT molecular complexity index is 1010. The summed E-state index contributed by atoms with van der Waals surface area (Å²) >= 11 is 0. The third kappa shape index (κ3) is 5.38. The first-order chi connectivity index (χ1) is 14.5. The van der Waals surface area contributed by atoms with Crippen LogP contribution in [0.4, 0.5) is 0 Å². The van der Waals surface area contributed by atoms with Crippen LogP contribution in [0, 0.1) is 0 Å². The molecule has 0 atom stereocenters. The number of carbonyl (C=O) groups excluding carboxylic acids is 2. The highest BCUT2D eigenvalue weighted by atomic mass is 16.2. The van der Waals surface area contributed by atoms with Crippen molar-refractivity contribution < 1.29 is 9.59 Å². The zero-order valence-corrected chi connectivity index (χ0v) is 16.4. The van der Waals surface area contributed by atoms with E-state index in [4.69, 9.17) is 0 Å². The fourth-order valence-electron chi connectivity index (χ4n) is 2.33. The lowest BCUT2D eigenvalue weighted by Gasteiger charge is -2.05. The van der Waals surface area contributed by atoms with Crippen LogP contribution in [-0.4, -0.2) is 38.2 Å². The minimum absolute atomic E-state index is 0.266. The molecular formula is C21H19N7O2. The number of nitrogens with one attached hydrogen (secondary N) is 2. The first kappa shape index (κ1) is 20.5. The summed E-state index contributed by atoms with van der Waals surface area (Å²) in [5.74, 6) is -0.831. The average Bonchev–Trinajstić information content (AvgIpc) is 2.81. The predicted molar refractivity (Wildman–Crippen MR) is 112 cm³/mol. The number of pyridine rings is 3. The molecule has 9 nitrogen and oxygen atoms in total. The number of hydrogen-bond donors (Lipinski definition) is 2. The molecule has 9 heteroatoms. The van der Waals surface area contributed by atoms with Crippen LogP contribution in [0.5, 0.6) is 0 Å². The minimum atomic E-state index is -0.416. The molecule has 0 fully saturated rings. The van der Waals surface area contributed by atoms with E-state index in [1.54, 1.807) is 68.4 Å². The molecule has 3 heterocycles. The van der Waals surface area contributed by atoms with Gasteiger partial charge in [0.15, 0.2) is 0 Å². The van der Waals surface area contributed by atoms with Crippen LogP contribution >= 0.6 is 0 Å². The molecule has 0 bridgehead atoms. The molecule has 0 unspecified atom stereocenters. The maximum Gasteiger partial charge on any atom is 0.289 e. The number of nitrogens with zero attached hydrogens (tertiary/aromatic N) is 5. The van der Waals surface area contributed by atoms with Crippen LogP contribution in [-0.2, 0) is 0 Å². The molecule has 2 amide bonds. The molecule has 150 valence electrons. The molecule has 0 aliphatic carbocycles. The summed E-state index contributed by atoms with van der Waals surface area (Å²) in [6.07, 6.45) is 3.07. The molecule has 2 N–H and O–H groups in total. The molecule has 0 saturated heterocycles. The van der Waals surface area contributed by atoms with E-state index >= 15 is 0 Å². The van der Waals surface area contributed by atoms with E-state index in [0.29, 0.717) is 22.8 Å². The third-order valence-corrected chi connectivity index (χ3v) is 3.94. The lowest BCUT2D eigenvalue weighted by Crippen LogP contribution is -2.21. The molecule has 3 aromatic heterocycles. The highest BCUT2D eigenvalue weighted by Crippen LogP contribution is 2.03. The maximum atomic E-state index is 12.1. The molecule has 0 aliphatic heterocycles. The summed E-state index contributed by atoms with van der Waals surface area (Å²) in [4.78, 5) is 36.5. The number of hydrazone groups is 2. The Kier molecular flexibility index (Phi) is 6.67. The Balaban J connectivity index is 1.68. The van der Waals surface area contributed by atoms with Gasteiger partial charge in [0.05, 0.1) is 22.8 Å². The molecule has 3 aromatic rings. The van der Waals surface area contributed by atoms with Gasteiger partial charge in [-0.05, 0) is 50.2 Å². The van der Waals surface area contributed by atoms with E-state index in [1.807, 2.05) is 0 Å². The van der Waals surface area contributed by atoms with Gasteiger partial charge in [0, 0.05) is 12.4 Å². The van der Waals surface area contributed by atoms with Gasteiger partial charge >= 0.3 is 0 Å². The molecule has 30 heavy (non-hydrogen) atoms. The highest BCUT2D eigenvalue weighted by molar-refractivity contribution is 6.02. The largest absolute Gasteiger partial charge is 0.289 e. The third-order valence-electron chi connectivity index (χ3n) is 3.94. The molecule has 0 spiro atoms. The van der Waals surface area contributed by atoms with Gasteiger partial charge in [-0.15, -0.1) is 0 Å². The Morgan fingerprint density at radius 2 is 1.10 bits per heavy atom. The Morgan fingerprint density at radius 1 is 0.667 bits per heavy atom. The van der Waals surface area contributed by atoms with Crippen molar-refractivity contribution in [3.63, 3.8) is 0 Å². The van der Waals surface area contributed by atoms with E-state index in [1.165, 1.54) is 12.4 Å². The van der Waals surface area contributed by atoms with E-state index in [9.17, 15) is 9.59 Å². The van der Waals surface area contributed by atoms with Crippen molar-refractivity contribution in [1.29, 1.82) is 0 Å². The van der Waals surface area contributed by atoms with Gasteiger partial charge in [-0.3, -0.25) is 19.6 Å². The summed E-state index contributed by atoms with van der Waals surface area (Å²) in [6, 6.07) is 15.4. The minimum Gasteiger partial charge on any atom is -0.266 e. The number of amides is 2. The summed E-state index contributed by atoms with van der Waals surface area (Å²) < 4.78 is 0. The second-order valence-corrected chi connectivity index (χ2v) is 6.11. The summed E-state index contributed by atoms with van der Waals surface area (Å²) in [5, 5.41) is 8.16. The van der Waals surface area contributed by atoms with Crippen LogP contribution < -0.4 is 10.9 Å². The maximum absolute atomic E-state index is 12.1. The first-order valence-corrected chi connectivity index (χ1v) is 9.03. The smallest absolute Gasteiger partial charge is 0.266 e. The molecule has 0 aromatic carbocycles. The molecular weight excluding hydrogens is 382 g/mol. The fourth-order valence-corrected chi connectivity index (χ4v) is 2.33. The van der Waals surface area contributed by atoms with E-state index in [0.717, 1.165) is 0 Å². The van der Waals surface area contributed by atoms with Crippen LogP contribution in [0.1, 0.15) is 46.2 Å². The van der Waals surface area contributed by atoms with Crippen molar-refractivity contribution in [1.82, 2.24) is 25.8 Å². The van der Waals surface area contributed by atoms with Gasteiger partial charge in [-0.1, -0.05) is 18.2 Å². The van der Waals surface area contributed by atoms with Gasteiger partial charge in [0.2, 0.25) is 0 Å². The molecule has 0 saturated carbocycles. The van der Waals surface area contributed by atoms with Crippen molar-refractivity contribution >= 4 is 23.2 Å². The lowest BCUT2D eigenvalue weighted by molar-refractivity contribution is 0.0942. The molecule has 3 rings (SSSR count). The Morgan fingerprint density at radius 3 is 1.50 bits per heavy atom. The SMILES string of the molecule is CC(=NNC(=O)c1ccccn1)c1cccc(C(C)=NNC(=O)c2ccccn2)n1. The second kappa shape index (κ2) is 9.78. The zero-order chi connectivity index (χ0) is 21.3. The van der Waals surface area contributed by atoms with Gasteiger partial charge in [-0.2, -0.15) is 10.2 Å². The fraction of sp³-hybridized carbons (Fsp3) is 0.0952. The van der Waals surface area contributed by atoms with E-state index in [-0.39, 0.29) is 11.4 Å². The molecule has 0 aliphatic rings. The summed E-state index contributed by atoms with van der Waals surface area (Å²) in [7, 11) is 0. The van der Waals surface area contributed by atoms with Gasteiger partial charge < -0.3 is 0 Å². The number of carbonyl (C=O) groups is 2. The van der Waals surface area contributed by atoms with E-state index < -0.39 is 11.8 Å². The Hall–Kier alpha value is -4.27. The number of hydrogen-bond acceptors (Lipinski definition) is 7. The average molecular weight is 401 g/mol. The number of aromatic nitrogens is 3. The van der Waals surface area contributed by atoms with Crippen molar-refractivity contribution in [3.8, 4) is 0 Å². The van der Waals surface area contributed by atoms with Crippen molar-refractivity contribution in [2.45, 2.75) is 13.8 Å². The second-order valence-electron chi connectivity index (χ2n) is 6.11. The lowest BCUT2D eigenvalue weighted by atomic mass is 10.2. The van der Waals surface area contributed by atoms with Crippen LogP contribution in [0.2, 0.25) is 0 Å². The predicted octanol–water partition coefficient (Wildman–Crippen LogP) is 2.18. The van der Waals surface area contributed by atoms with Gasteiger partial charge in [0.25, 0.3) is 11.8 Å². The summed E-state index contributed by atoms with van der Waals surface area (Å²) in [6.45, 7) is 3.44. The van der Waals surface area contributed by atoms with Crippen molar-refractivity contribution in [2.75, 3.05) is 0 Å². The monoisotopic (exact) mass is 401 g/mol. The van der Waals surface area contributed by atoms with Gasteiger partial charge in [0.1, 0.15) is 11.4 Å². The standard InChI is InChI=1S/C21H19N7O2/c1-14(25-27-20(29)18-8-3-5-12-22-18)16-10-7-11-17(24-16)15(2)26-28-21(30)19-9-4-6-13-23-19/h3-13H,1-2H3,(H,27,29)(H,28,30). The highest BCUT2D eigenvalue weighted by Gasteiger charge is 2.09. The van der Waals surface area contributed by atoms with Crippen LogP contribution in [0.25, 0.3) is 0 Å². The quantitative estimate of drug-likeness (QED) is 0.484. The van der Waals surface area contributed by atoms with Crippen LogP contribution in [0.15, 0.2) is 77.2 Å². The van der Waals surface area contributed by atoms with Gasteiger partial charge in [-0.25, -0.2) is 15.8 Å². The first-order valence-electron chi connectivity index (χ1n) is 9.03. The Labute approximate surface area is 173 Å². The number of rotatable bonds is 6. The van der Waals surface area contributed by atoms with Crippen LogP contribution in [0.3, 0.4) is 0 Å². The summed E-state index contributed by atoms with van der Waals surface area (Å²) in [5.41, 5.74) is 7.57. The normalized spacial score (nSPS) is 11.7. The van der Waals surface area contributed by atoms with Crippen molar-refractivity contribution in [2.24, 2.45) is 10.2 Å². The topological polar surface area (TPSA) is 122 Å². The van der Waals surface area contributed by atoms with Crippen molar-refractivity contribution in [3.05, 3.63) is 89.8 Å². The molecule has 0 radical (unpaired) electrons. The van der Waals surface area contributed by atoms with E-state index in [2.05, 4.69) is 36.0 Å².